The second kappa shape index (κ2) is 5.41. The van der Waals surface area contributed by atoms with E-state index in [0.29, 0.717) is 0 Å². The number of hydrogen-bond donors (Lipinski definition) is 2. The number of aliphatic hydroxyl groups excluding tert-OH is 1. The van der Waals surface area contributed by atoms with Crippen molar-refractivity contribution in [3.8, 4) is 0 Å². The van der Waals surface area contributed by atoms with Crippen LogP contribution in [0.1, 0.15) is 20.3 Å². The summed E-state index contributed by atoms with van der Waals surface area (Å²) in [5.41, 5.74) is 2.79. The minimum atomic E-state index is -0.0899. The Labute approximate surface area is 124 Å². The number of aliphatic hydroxyl groups is 1. The molecule has 3 nitrogen and oxygen atoms in total. The van der Waals surface area contributed by atoms with Crippen molar-refractivity contribution in [2.75, 3.05) is 18.5 Å². The molecule has 110 valence electrons. The molecule has 1 unspecified atom stereocenters. The Balaban J connectivity index is 1.92. The van der Waals surface area contributed by atoms with E-state index >= 15 is 0 Å². The normalized spacial score (nSPS) is 14.4. The maximum absolute atomic E-state index is 9.49. The van der Waals surface area contributed by atoms with Gasteiger partial charge in [-0.2, -0.15) is 0 Å². The first-order chi connectivity index (χ1) is 10.1. The Morgan fingerprint density at radius 2 is 1.86 bits per heavy atom. The lowest BCUT2D eigenvalue weighted by molar-refractivity contribution is 0.149. The summed E-state index contributed by atoms with van der Waals surface area (Å²) in [6.45, 7) is 5.13. The zero-order chi connectivity index (χ0) is 14.9. The van der Waals surface area contributed by atoms with E-state index in [0.717, 1.165) is 40.6 Å². The molecule has 0 aliphatic heterocycles. The Morgan fingerprint density at radius 1 is 1.10 bits per heavy atom. The number of rotatable bonds is 5. The van der Waals surface area contributed by atoms with Crippen LogP contribution in [-0.4, -0.2) is 18.3 Å². The molecular formula is C18H21NO2. The van der Waals surface area contributed by atoms with Crippen LogP contribution < -0.4 is 5.32 Å². The van der Waals surface area contributed by atoms with Gasteiger partial charge in [0.25, 0.3) is 0 Å². The van der Waals surface area contributed by atoms with Crippen LogP contribution in [0.5, 0.6) is 0 Å². The first-order valence-electron chi connectivity index (χ1n) is 7.41. The molecule has 1 atom stereocenters. The molecule has 0 amide bonds. The monoisotopic (exact) mass is 283 g/mol. The fraction of sp³-hybridized carbons (Fsp3) is 0.333. The average molecular weight is 283 g/mol. The summed E-state index contributed by atoms with van der Waals surface area (Å²) in [5, 5.41) is 15.2. The molecule has 1 heterocycles. The Kier molecular flexibility index (Phi) is 3.60. The Hall–Kier alpha value is -2.00. The molecule has 0 aliphatic rings. The van der Waals surface area contributed by atoms with Crippen molar-refractivity contribution in [1.82, 2.24) is 0 Å². The van der Waals surface area contributed by atoms with Crippen LogP contribution in [0.15, 0.2) is 46.9 Å². The second-order valence-electron chi connectivity index (χ2n) is 5.99. The third-order valence-corrected chi connectivity index (χ3v) is 4.33. The predicted molar refractivity (Wildman–Crippen MR) is 87.7 cm³/mol. The Morgan fingerprint density at radius 3 is 2.62 bits per heavy atom. The number of furan rings is 1. The first-order valence-corrected chi connectivity index (χ1v) is 7.41. The summed E-state index contributed by atoms with van der Waals surface area (Å²) >= 11 is 0. The quantitative estimate of drug-likeness (QED) is 0.729. The summed E-state index contributed by atoms with van der Waals surface area (Å²) in [4.78, 5) is 0. The van der Waals surface area contributed by atoms with Gasteiger partial charge < -0.3 is 14.8 Å². The van der Waals surface area contributed by atoms with Crippen LogP contribution >= 0.6 is 0 Å². The average Bonchev–Trinajstić information content (AvgIpc) is 2.90. The molecule has 0 saturated heterocycles. The standard InChI is InChI=1S/C18H21NO2/c1-3-18(2,12-20)11-19-13-8-9-17-15(10-13)14-6-4-5-7-16(14)21-17/h4-10,19-20H,3,11-12H2,1-2H3. The summed E-state index contributed by atoms with van der Waals surface area (Å²) in [7, 11) is 0. The van der Waals surface area contributed by atoms with Crippen LogP contribution in [-0.2, 0) is 0 Å². The van der Waals surface area contributed by atoms with Crippen molar-refractivity contribution in [1.29, 1.82) is 0 Å². The highest BCUT2D eigenvalue weighted by molar-refractivity contribution is 6.05. The van der Waals surface area contributed by atoms with Gasteiger partial charge in [-0.15, -0.1) is 0 Å². The van der Waals surface area contributed by atoms with Crippen molar-refractivity contribution in [2.24, 2.45) is 5.41 Å². The molecule has 3 rings (SSSR count). The highest BCUT2D eigenvalue weighted by atomic mass is 16.3. The van der Waals surface area contributed by atoms with E-state index < -0.39 is 0 Å². The van der Waals surface area contributed by atoms with E-state index in [1.54, 1.807) is 0 Å². The molecule has 0 saturated carbocycles. The molecule has 2 N–H and O–H groups in total. The van der Waals surface area contributed by atoms with Gasteiger partial charge in [0.15, 0.2) is 0 Å². The molecule has 1 aromatic heterocycles. The van der Waals surface area contributed by atoms with Crippen molar-refractivity contribution in [3.63, 3.8) is 0 Å². The van der Waals surface area contributed by atoms with Gasteiger partial charge in [0.1, 0.15) is 11.2 Å². The van der Waals surface area contributed by atoms with Gasteiger partial charge in [-0.05, 0) is 30.7 Å². The van der Waals surface area contributed by atoms with E-state index in [-0.39, 0.29) is 12.0 Å². The van der Waals surface area contributed by atoms with Gasteiger partial charge in [-0.25, -0.2) is 0 Å². The largest absolute Gasteiger partial charge is 0.456 e. The van der Waals surface area contributed by atoms with Gasteiger partial charge in [0.05, 0.1) is 6.61 Å². The highest BCUT2D eigenvalue weighted by Gasteiger charge is 2.20. The molecule has 0 radical (unpaired) electrons. The number of benzene rings is 2. The van der Waals surface area contributed by atoms with Gasteiger partial charge in [0, 0.05) is 28.4 Å². The third kappa shape index (κ3) is 2.61. The summed E-state index contributed by atoms with van der Waals surface area (Å²) < 4.78 is 5.83. The van der Waals surface area contributed by atoms with E-state index in [2.05, 4.69) is 31.3 Å². The van der Waals surface area contributed by atoms with Gasteiger partial charge >= 0.3 is 0 Å². The molecule has 3 aromatic rings. The third-order valence-electron chi connectivity index (χ3n) is 4.33. The number of nitrogens with one attached hydrogen (secondary N) is 1. The van der Waals surface area contributed by atoms with Gasteiger partial charge in [-0.3, -0.25) is 0 Å². The van der Waals surface area contributed by atoms with E-state index in [4.69, 9.17) is 4.42 Å². The lowest BCUT2D eigenvalue weighted by Crippen LogP contribution is -2.29. The first kappa shape index (κ1) is 14.0. The van der Waals surface area contributed by atoms with Crippen LogP contribution in [0.2, 0.25) is 0 Å². The van der Waals surface area contributed by atoms with Crippen molar-refractivity contribution in [2.45, 2.75) is 20.3 Å². The SMILES string of the molecule is CCC(C)(CO)CNc1ccc2oc3ccccc3c2c1. The molecule has 0 fully saturated rings. The number of para-hydroxylation sites is 1. The minimum absolute atomic E-state index is 0.0899. The number of anilines is 1. The number of fused-ring (bicyclic) bond motifs is 3. The molecule has 0 bridgehead atoms. The van der Waals surface area contributed by atoms with Crippen molar-refractivity contribution < 1.29 is 9.52 Å². The maximum Gasteiger partial charge on any atom is 0.135 e. The molecule has 0 spiro atoms. The fourth-order valence-electron chi connectivity index (χ4n) is 2.44. The second-order valence-corrected chi connectivity index (χ2v) is 5.99. The lowest BCUT2D eigenvalue weighted by Gasteiger charge is -2.26. The summed E-state index contributed by atoms with van der Waals surface area (Å²) in [6, 6.07) is 14.2. The zero-order valence-electron chi connectivity index (χ0n) is 12.5. The highest BCUT2D eigenvalue weighted by Crippen LogP contribution is 2.31. The topological polar surface area (TPSA) is 45.4 Å². The number of hydrogen-bond acceptors (Lipinski definition) is 3. The predicted octanol–water partition coefficient (Wildman–Crippen LogP) is 4.41. The van der Waals surface area contributed by atoms with E-state index in [1.165, 1.54) is 0 Å². The van der Waals surface area contributed by atoms with Crippen LogP contribution in [0, 0.1) is 5.41 Å². The minimum Gasteiger partial charge on any atom is -0.456 e. The van der Waals surface area contributed by atoms with Crippen LogP contribution in [0.4, 0.5) is 5.69 Å². The molecule has 0 aliphatic carbocycles. The molecule has 2 aromatic carbocycles. The maximum atomic E-state index is 9.49. The van der Waals surface area contributed by atoms with Crippen molar-refractivity contribution >= 4 is 27.6 Å². The van der Waals surface area contributed by atoms with E-state index in [1.807, 2.05) is 30.3 Å². The van der Waals surface area contributed by atoms with E-state index in [9.17, 15) is 5.11 Å². The molecule has 21 heavy (non-hydrogen) atoms. The van der Waals surface area contributed by atoms with Crippen molar-refractivity contribution in [3.05, 3.63) is 42.5 Å². The molecule has 3 heteroatoms. The van der Waals surface area contributed by atoms with Crippen LogP contribution in [0.3, 0.4) is 0 Å². The summed E-state index contributed by atoms with van der Waals surface area (Å²) in [5.74, 6) is 0. The molecular weight excluding hydrogens is 262 g/mol. The zero-order valence-corrected chi connectivity index (χ0v) is 12.5. The van der Waals surface area contributed by atoms with Crippen LogP contribution in [0.25, 0.3) is 21.9 Å². The Bertz CT molecular complexity index is 756. The smallest absolute Gasteiger partial charge is 0.135 e. The van der Waals surface area contributed by atoms with Gasteiger partial charge in [0.2, 0.25) is 0 Å². The fourth-order valence-corrected chi connectivity index (χ4v) is 2.44. The summed E-state index contributed by atoms with van der Waals surface area (Å²) in [6.07, 6.45) is 0.938. The lowest BCUT2D eigenvalue weighted by atomic mass is 9.88. The van der Waals surface area contributed by atoms with Gasteiger partial charge in [-0.1, -0.05) is 32.0 Å².